The van der Waals surface area contributed by atoms with E-state index in [-0.39, 0.29) is 35.6 Å². The molecule has 1 unspecified atom stereocenters. The maximum absolute atomic E-state index is 13.0. The Morgan fingerprint density at radius 1 is 0.971 bits per heavy atom. The first kappa shape index (κ1) is 24.6. The van der Waals surface area contributed by atoms with E-state index in [9.17, 15) is 19.2 Å². The van der Waals surface area contributed by atoms with Crippen LogP contribution in [0.15, 0.2) is 48.5 Å². The van der Waals surface area contributed by atoms with Gasteiger partial charge in [0.05, 0.1) is 30.8 Å². The van der Waals surface area contributed by atoms with Crippen molar-refractivity contribution in [2.24, 2.45) is 0 Å². The first-order valence-electron chi connectivity index (χ1n) is 12.0. The van der Waals surface area contributed by atoms with Crippen LogP contribution in [0.5, 0.6) is 5.75 Å². The quantitative estimate of drug-likeness (QED) is 0.267. The van der Waals surface area contributed by atoms with Crippen LogP contribution in [0.4, 0.5) is 5.69 Å². The number of carbonyl (C=O) groups excluding carboxylic acids is 4. The Hall–Kier alpha value is -3.52. The van der Waals surface area contributed by atoms with E-state index in [0.29, 0.717) is 17.0 Å². The molecule has 1 N–H and O–H groups in total. The molecule has 2 aliphatic rings. The molecule has 1 aliphatic carbocycles. The molecule has 4 rings (SSSR count). The lowest BCUT2D eigenvalue weighted by molar-refractivity contribution is -0.121. The Kier molecular flexibility index (Phi) is 7.92. The fourth-order valence-corrected chi connectivity index (χ4v) is 4.60. The first-order valence-corrected chi connectivity index (χ1v) is 12.0. The van der Waals surface area contributed by atoms with Crippen LogP contribution in [0, 0.1) is 0 Å². The van der Waals surface area contributed by atoms with Crippen LogP contribution in [0.25, 0.3) is 0 Å². The number of rotatable bonds is 8. The SMILES string of the molecule is COc1cccc(C(=O)COC(=O)c2ccc(N3C(=O)CC(NC4CCCCCC4)C3=O)cc2)c1. The average Bonchev–Trinajstić information content (AvgIpc) is 3.03. The lowest BCUT2D eigenvalue weighted by atomic mass is 10.1. The number of esters is 1. The number of benzene rings is 2. The predicted octanol–water partition coefficient (Wildman–Crippen LogP) is 3.68. The van der Waals surface area contributed by atoms with Crippen molar-refractivity contribution in [3.8, 4) is 5.75 Å². The summed E-state index contributed by atoms with van der Waals surface area (Å²) in [6.45, 7) is -0.411. The molecule has 1 aliphatic heterocycles. The highest BCUT2D eigenvalue weighted by Crippen LogP contribution is 2.25. The number of hydrogen-bond acceptors (Lipinski definition) is 7. The van der Waals surface area contributed by atoms with Crippen LogP contribution in [-0.2, 0) is 14.3 Å². The maximum Gasteiger partial charge on any atom is 0.338 e. The van der Waals surface area contributed by atoms with E-state index in [1.807, 2.05) is 0 Å². The number of hydrogen-bond donors (Lipinski definition) is 1. The van der Waals surface area contributed by atoms with E-state index >= 15 is 0 Å². The monoisotopic (exact) mass is 478 g/mol. The summed E-state index contributed by atoms with van der Waals surface area (Å²) in [7, 11) is 1.51. The van der Waals surface area contributed by atoms with Gasteiger partial charge in [-0.15, -0.1) is 0 Å². The molecule has 2 amide bonds. The Morgan fingerprint density at radius 2 is 1.69 bits per heavy atom. The van der Waals surface area contributed by atoms with Crippen molar-refractivity contribution in [2.75, 3.05) is 18.6 Å². The zero-order valence-corrected chi connectivity index (χ0v) is 19.8. The first-order chi connectivity index (χ1) is 17.0. The number of methoxy groups -OCH3 is 1. The maximum atomic E-state index is 13.0. The number of anilines is 1. The molecule has 0 radical (unpaired) electrons. The summed E-state index contributed by atoms with van der Waals surface area (Å²) in [5.41, 5.74) is 1.01. The van der Waals surface area contributed by atoms with Crippen LogP contribution in [0.3, 0.4) is 0 Å². The Labute approximate surface area is 204 Å². The topological polar surface area (TPSA) is 102 Å². The molecule has 8 nitrogen and oxygen atoms in total. The molecule has 2 fully saturated rings. The molecule has 35 heavy (non-hydrogen) atoms. The average molecular weight is 479 g/mol. The fraction of sp³-hybridized carbons (Fsp3) is 0.407. The van der Waals surface area contributed by atoms with Gasteiger partial charge in [-0.05, 0) is 49.2 Å². The van der Waals surface area contributed by atoms with E-state index in [2.05, 4.69) is 5.32 Å². The van der Waals surface area contributed by atoms with E-state index in [1.165, 1.54) is 37.0 Å². The van der Waals surface area contributed by atoms with Crippen LogP contribution in [-0.4, -0.2) is 49.4 Å². The summed E-state index contributed by atoms with van der Waals surface area (Å²) >= 11 is 0. The Morgan fingerprint density at radius 3 is 2.37 bits per heavy atom. The van der Waals surface area contributed by atoms with Gasteiger partial charge in [0.1, 0.15) is 5.75 Å². The summed E-state index contributed by atoms with van der Waals surface area (Å²) in [5, 5.41) is 3.39. The minimum atomic E-state index is -0.667. The molecule has 2 aromatic rings. The lowest BCUT2D eigenvalue weighted by Crippen LogP contribution is -2.43. The van der Waals surface area contributed by atoms with Crippen molar-refractivity contribution < 1.29 is 28.7 Å². The third-order valence-electron chi connectivity index (χ3n) is 6.53. The van der Waals surface area contributed by atoms with Gasteiger partial charge in [0.2, 0.25) is 5.91 Å². The van der Waals surface area contributed by atoms with Gasteiger partial charge in [0, 0.05) is 11.6 Å². The van der Waals surface area contributed by atoms with Crippen LogP contribution in [0.1, 0.15) is 65.7 Å². The summed E-state index contributed by atoms with van der Waals surface area (Å²) < 4.78 is 10.3. The molecular weight excluding hydrogens is 448 g/mol. The van der Waals surface area contributed by atoms with E-state index in [1.54, 1.807) is 36.4 Å². The third-order valence-corrected chi connectivity index (χ3v) is 6.53. The molecule has 0 aromatic heterocycles. The molecule has 8 heteroatoms. The van der Waals surface area contributed by atoms with Crippen LogP contribution < -0.4 is 15.0 Å². The van der Waals surface area contributed by atoms with Gasteiger partial charge in [0.25, 0.3) is 5.91 Å². The summed E-state index contributed by atoms with van der Waals surface area (Å²) in [5.74, 6) is -1.01. The van der Waals surface area contributed by atoms with Crippen molar-refractivity contribution in [2.45, 2.75) is 57.0 Å². The van der Waals surface area contributed by atoms with Gasteiger partial charge in [0.15, 0.2) is 12.4 Å². The van der Waals surface area contributed by atoms with E-state index in [0.717, 1.165) is 25.7 Å². The van der Waals surface area contributed by atoms with Crippen LogP contribution >= 0.6 is 0 Å². The number of carbonyl (C=O) groups is 4. The van der Waals surface area contributed by atoms with Crippen LogP contribution in [0.2, 0.25) is 0 Å². The van der Waals surface area contributed by atoms with Crippen molar-refractivity contribution in [1.29, 1.82) is 0 Å². The second-order valence-corrected chi connectivity index (χ2v) is 8.96. The van der Waals surface area contributed by atoms with Gasteiger partial charge in [-0.2, -0.15) is 0 Å². The largest absolute Gasteiger partial charge is 0.497 e. The third kappa shape index (κ3) is 5.95. The van der Waals surface area contributed by atoms with Gasteiger partial charge in [-0.1, -0.05) is 37.8 Å². The predicted molar refractivity (Wildman–Crippen MR) is 130 cm³/mol. The molecule has 0 spiro atoms. The number of nitrogens with one attached hydrogen (secondary N) is 1. The standard InChI is InChI=1S/C27H30N2O6/c1-34-22-10-6-7-19(15-22)24(30)17-35-27(33)18-11-13-21(14-12-18)29-25(31)16-23(26(29)32)28-20-8-4-2-3-5-9-20/h6-7,10-15,20,23,28H,2-5,8-9,16-17H2,1H3. The summed E-state index contributed by atoms with van der Waals surface area (Å²) in [4.78, 5) is 51.5. The number of ether oxygens (including phenoxy) is 2. The second kappa shape index (κ2) is 11.3. The molecule has 184 valence electrons. The molecule has 1 atom stereocenters. The fourth-order valence-electron chi connectivity index (χ4n) is 4.60. The number of imide groups is 1. The molecule has 1 heterocycles. The molecule has 1 saturated heterocycles. The van der Waals surface area contributed by atoms with Crippen molar-refractivity contribution in [3.63, 3.8) is 0 Å². The van der Waals surface area contributed by atoms with E-state index in [4.69, 9.17) is 9.47 Å². The number of nitrogens with zero attached hydrogens (tertiary/aromatic N) is 1. The smallest absolute Gasteiger partial charge is 0.338 e. The zero-order valence-electron chi connectivity index (χ0n) is 19.8. The number of Topliss-reactive ketones (excluding diaryl/α,β-unsaturated/α-hetero) is 1. The van der Waals surface area contributed by atoms with Crippen molar-refractivity contribution in [3.05, 3.63) is 59.7 Å². The normalized spacial score (nSPS) is 18.9. The minimum Gasteiger partial charge on any atom is -0.497 e. The van der Waals surface area contributed by atoms with Gasteiger partial charge < -0.3 is 14.8 Å². The van der Waals surface area contributed by atoms with Gasteiger partial charge >= 0.3 is 5.97 Å². The Bertz CT molecular complexity index is 1090. The second-order valence-electron chi connectivity index (χ2n) is 8.96. The molecule has 0 bridgehead atoms. The zero-order chi connectivity index (χ0) is 24.8. The van der Waals surface area contributed by atoms with Crippen molar-refractivity contribution in [1.82, 2.24) is 5.32 Å². The summed E-state index contributed by atoms with van der Waals surface area (Å²) in [6, 6.07) is 12.4. The summed E-state index contributed by atoms with van der Waals surface area (Å²) in [6.07, 6.45) is 6.88. The highest BCUT2D eigenvalue weighted by Gasteiger charge is 2.40. The molecular formula is C27H30N2O6. The lowest BCUT2D eigenvalue weighted by Gasteiger charge is -2.21. The molecule has 1 saturated carbocycles. The highest BCUT2D eigenvalue weighted by molar-refractivity contribution is 6.22. The van der Waals surface area contributed by atoms with Gasteiger partial charge in [-0.3, -0.25) is 14.4 Å². The number of amides is 2. The Balaban J connectivity index is 1.34. The number of ketones is 1. The minimum absolute atomic E-state index is 0.130. The van der Waals surface area contributed by atoms with Crippen molar-refractivity contribution >= 4 is 29.3 Å². The molecule has 2 aromatic carbocycles. The highest BCUT2D eigenvalue weighted by atomic mass is 16.5. The van der Waals surface area contributed by atoms with Gasteiger partial charge in [-0.25, -0.2) is 9.69 Å². The van der Waals surface area contributed by atoms with E-state index < -0.39 is 18.6 Å².